The van der Waals surface area contributed by atoms with Gasteiger partial charge in [-0.15, -0.1) is 0 Å². The average Bonchev–Trinajstić information content (AvgIpc) is 3.05. The number of carbonyl (C=O) groups excluding carboxylic acids is 1. The van der Waals surface area contributed by atoms with E-state index in [0.29, 0.717) is 5.75 Å². The van der Waals surface area contributed by atoms with Crippen molar-refractivity contribution in [2.75, 3.05) is 19.9 Å². The minimum absolute atomic E-state index is 0.0924. The van der Waals surface area contributed by atoms with Gasteiger partial charge in [0, 0.05) is 24.6 Å². The van der Waals surface area contributed by atoms with Crippen LogP contribution < -0.4 is 9.47 Å². The first kappa shape index (κ1) is 11.0. The fraction of sp³-hybridized carbons (Fsp3) is 0.357. The van der Waals surface area contributed by atoms with Gasteiger partial charge < -0.3 is 14.4 Å². The third kappa shape index (κ3) is 2.12. The van der Waals surface area contributed by atoms with Crippen molar-refractivity contribution in [3.05, 3.63) is 23.8 Å². The zero-order valence-corrected chi connectivity index (χ0v) is 9.94. The van der Waals surface area contributed by atoms with Crippen molar-refractivity contribution in [3.63, 3.8) is 0 Å². The highest BCUT2D eigenvalue weighted by Gasteiger charge is 2.16. The van der Waals surface area contributed by atoms with E-state index in [0.717, 1.165) is 37.2 Å². The zero-order chi connectivity index (χ0) is 12.4. The second kappa shape index (κ2) is 4.61. The molecule has 0 aliphatic carbocycles. The Morgan fingerprint density at radius 3 is 2.78 bits per heavy atom. The predicted octanol–water partition coefficient (Wildman–Crippen LogP) is 1.39. The highest BCUT2D eigenvalue weighted by molar-refractivity contribution is 5.94. The van der Waals surface area contributed by atoms with E-state index in [2.05, 4.69) is 11.8 Å². The molecule has 1 aromatic carbocycles. The van der Waals surface area contributed by atoms with Gasteiger partial charge in [-0.2, -0.15) is 0 Å². The van der Waals surface area contributed by atoms with Crippen LogP contribution in [0.5, 0.6) is 11.5 Å². The molecule has 4 nitrogen and oxygen atoms in total. The molecule has 1 fully saturated rings. The van der Waals surface area contributed by atoms with Gasteiger partial charge in [0.25, 0.3) is 5.91 Å². The molecule has 3 rings (SSSR count). The van der Waals surface area contributed by atoms with Crippen LogP contribution in [0, 0.1) is 11.8 Å². The summed E-state index contributed by atoms with van der Waals surface area (Å²) in [6.07, 6.45) is 2.16. The Bertz CT molecular complexity index is 536. The van der Waals surface area contributed by atoms with E-state index in [4.69, 9.17) is 9.47 Å². The van der Waals surface area contributed by atoms with Gasteiger partial charge in [0.2, 0.25) is 6.79 Å². The Labute approximate surface area is 105 Å². The van der Waals surface area contributed by atoms with Crippen LogP contribution in [0.15, 0.2) is 18.2 Å². The van der Waals surface area contributed by atoms with E-state index < -0.39 is 0 Å². The zero-order valence-electron chi connectivity index (χ0n) is 9.94. The van der Waals surface area contributed by atoms with Crippen LogP contribution in [-0.2, 0) is 4.79 Å². The van der Waals surface area contributed by atoms with Crippen molar-refractivity contribution < 1.29 is 14.3 Å². The molecule has 0 spiro atoms. The predicted molar refractivity (Wildman–Crippen MR) is 65.3 cm³/mol. The molecular formula is C14H13NO3. The van der Waals surface area contributed by atoms with Crippen molar-refractivity contribution in [1.82, 2.24) is 4.90 Å². The number of hydrogen-bond acceptors (Lipinski definition) is 3. The second-order valence-electron chi connectivity index (χ2n) is 4.32. The third-order valence-corrected chi connectivity index (χ3v) is 3.08. The fourth-order valence-corrected chi connectivity index (χ4v) is 2.10. The number of amides is 1. The molecule has 92 valence electrons. The van der Waals surface area contributed by atoms with Crippen LogP contribution in [-0.4, -0.2) is 30.7 Å². The lowest BCUT2D eigenvalue weighted by atomic mass is 10.2. The van der Waals surface area contributed by atoms with Gasteiger partial charge in [-0.05, 0) is 31.0 Å². The number of likely N-dealkylation sites (tertiary alicyclic amines) is 1. The molecule has 1 aromatic rings. The number of rotatable bonds is 0. The summed E-state index contributed by atoms with van der Waals surface area (Å²) in [7, 11) is 0. The molecule has 2 aliphatic rings. The van der Waals surface area contributed by atoms with Crippen LogP contribution in [0.3, 0.4) is 0 Å². The monoisotopic (exact) mass is 243 g/mol. The molecule has 2 aliphatic heterocycles. The lowest BCUT2D eigenvalue weighted by molar-refractivity contribution is -0.124. The molecule has 0 bridgehead atoms. The van der Waals surface area contributed by atoms with Gasteiger partial charge in [0.05, 0.1) is 0 Å². The highest BCUT2D eigenvalue weighted by atomic mass is 16.7. The van der Waals surface area contributed by atoms with Crippen LogP contribution in [0.4, 0.5) is 0 Å². The van der Waals surface area contributed by atoms with Gasteiger partial charge in [0.15, 0.2) is 11.5 Å². The van der Waals surface area contributed by atoms with Gasteiger partial charge in [-0.1, -0.05) is 5.92 Å². The summed E-state index contributed by atoms with van der Waals surface area (Å²) in [5, 5.41) is 0. The molecule has 2 heterocycles. The lowest BCUT2D eigenvalue weighted by Gasteiger charge is -2.09. The average molecular weight is 243 g/mol. The molecule has 0 aromatic heterocycles. The molecule has 0 unspecified atom stereocenters. The van der Waals surface area contributed by atoms with Crippen LogP contribution in [0.1, 0.15) is 18.4 Å². The highest BCUT2D eigenvalue weighted by Crippen LogP contribution is 2.32. The Balaban J connectivity index is 1.74. The van der Waals surface area contributed by atoms with Gasteiger partial charge in [-0.25, -0.2) is 0 Å². The first-order valence-corrected chi connectivity index (χ1v) is 6.03. The SMILES string of the molecule is O=C(C#Cc1ccc2c(c1)OCO2)N1CCCC1. The molecular weight excluding hydrogens is 230 g/mol. The van der Waals surface area contributed by atoms with E-state index in [1.807, 2.05) is 12.1 Å². The van der Waals surface area contributed by atoms with Crippen molar-refractivity contribution >= 4 is 5.91 Å². The first-order chi connectivity index (χ1) is 8.83. The largest absolute Gasteiger partial charge is 0.454 e. The summed E-state index contributed by atoms with van der Waals surface area (Å²) in [6.45, 7) is 1.90. The summed E-state index contributed by atoms with van der Waals surface area (Å²) in [5.74, 6) is 6.87. The van der Waals surface area contributed by atoms with E-state index in [-0.39, 0.29) is 12.7 Å². The Morgan fingerprint density at radius 2 is 1.94 bits per heavy atom. The van der Waals surface area contributed by atoms with Crippen molar-refractivity contribution in [2.24, 2.45) is 0 Å². The Kier molecular flexibility index (Phi) is 2.81. The summed E-state index contributed by atoms with van der Waals surface area (Å²) in [5.41, 5.74) is 0.770. The number of benzene rings is 1. The van der Waals surface area contributed by atoms with E-state index in [1.165, 1.54) is 0 Å². The normalized spacial score (nSPS) is 16.3. The summed E-state index contributed by atoms with van der Waals surface area (Å²) >= 11 is 0. The van der Waals surface area contributed by atoms with Crippen molar-refractivity contribution in [1.29, 1.82) is 0 Å². The number of carbonyl (C=O) groups is 1. The maximum atomic E-state index is 11.7. The lowest BCUT2D eigenvalue weighted by Crippen LogP contribution is -2.25. The molecule has 18 heavy (non-hydrogen) atoms. The number of fused-ring (bicyclic) bond motifs is 1. The topological polar surface area (TPSA) is 38.8 Å². The van der Waals surface area contributed by atoms with Gasteiger partial charge in [-0.3, -0.25) is 4.79 Å². The van der Waals surface area contributed by atoms with Gasteiger partial charge >= 0.3 is 0 Å². The van der Waals surface area contributed by atoms with Crippen molar-refractivity contribution in [3.8, 4) is 23.3 Å². The van der Waals surface area contributed by atoms with E-state index >= 15 is 0 Å². The van der Waals surface area contributed by atoms with Gasteiger partial charge in [0.1, 0.15) is 0 Å². The quantitative estimate of drug-likeness (QED) is 0.646. The van der Waals surface area contributed by atoms with Crippen LogP contribution in [0.25, 0.3) is 0 Å². The van der Waals surface area contributed by atoms with E-state index in [9.17, 15) is 4.79 Å². The van der Waals surface area contributed by atoms with Crippen LogP contribution >= 0.6 is 0 Å². The Morgan fingerprint density at radius 1 is 1.17 bits per heavy atom. The maximum Gasteiger partial charge on any atom is 0.298 e. The molecule has 1 saturated heterocycles. The fourth-order valence-electron chi connectivity index (χ4n) is 2.10. The summed E-state index contributed by atoms with van der Waals surface area (Å²) in [6, 6.07) is 5.44. The maximum absolute atomic E-state index is 11.7. The van der Waals surface area contributed by atoms with Crippen LogP contribution in [0.2, 0.25) is 0 Å². The molecule has 0 radical (unpaired) electrons. The van der Waals surface area contributed by atoms with Crippen molar-refractivity contribution in [2.45, 2.75) is 12.8 Å². The van der Waals surface area contributed by atoms with E-state index in [1.54, 1.807) is 11.0 Å². The molecule has 1 amide bonds. The summed E-state index contributed by atoms with van der Waals surface area (Å²) < 4.78 is 10.5. The number of nitrogens with zero attached hydrogens (tertiary/aromatic N) is 1. The summed E-state index contributed by atoms with van der Waals surface area (Å²) in [4.78, 5) is 13.5. The number of ether oxygens (including phenoxy) is 2. The Hall–Kier alpha value is -2.15. The smallest absolute Gasteiger partial charge is 0.298 e. The molecule has 0 saturated carbocycles. The number of hydrogen-bond donors (Lipinski definition) is 0. The third-order valence-electron chi connectivity index (χ3n) is 3.08. The minimum Gasteiger partial charge on any atom is -0.454 e. The standard InChI is InChI=1S/C14H13NO3/c16-14(15-7-1-2-8-15)6-4-11-3-5-12-13(9-11)18-10-17-12/h3,5,9H,1-2,7-8,10H2. The molecule has 4 heteroatoms. The second-order valence-corrected chi connectivity index (χ2v) is 4.32. The molecule has 0 N–H and O–H groups in total. The minimum atomic E-state index is -0.0924. The first-order valence-electron chi connectivity index (χ1n) is 6.03. The molecule has 0 atom stereocenters.